The number of aromatic nitrogens is 2. The molecule has 0 fully saturated rings. The van der Waals surface area contributed by atoms with Crippen LogP contribution in [-0.4, -0.2) is 46.4 Å². The van der Waals surface area contributed by atoms with Gasteiger partial charge in [-0.1, -0.05) is 32.4 Å². The van der Waals surface area contributed by atoms with Crippen LogP contribution in [0.3, 0.4) is 0 Å². The maximum Gasteiger partial charge on any atom is 0.270 e. The molecule has 1 amide bonds. The summed E-state index contributed by atoms with van der Waals surface area (Å²) in [6, 6.07) is 3.63. The van der Waals surface area contributed by atoms with Crippen molar-refractivity contribution in [1.29, 1.82) is 0 Å². The highest BCUT2D eigenvalue weighted by Gasteiger charge is 2.17. The summed E-state index contributed by atoms with van der Waals surface area (Å²) in [4.78, 5) is 19.5. The number of amides is 1. The summed E-state index contributed by atoms with van der Waals surface area (Å²) in [5, 5.41) is 3.61. The molecule has 0 unspecified atom stereocenters. The van der Waals surface area contributed by atoms with Crippen molar-refractivity contribution in [3.63, 3.8) is 0 Å². The normalized spacial score (nSPS) is 11.4. The van der Waals surface area contributed by atoms with Gasteiger partial charge in [0.15, 0.2) is 0 Å². The van der Waals surface area contributed by atoms with E-state index in [-0.39, 0.29) is 5.91 Å². The van der Waals surface area contributed by atoms with Gasteiger partial charge in [-0.15, -0.1) is 0 Å². The second-order valence-corrected chi connectivity index (χ2v) is 6.26. The van der Waals surface area contributed by atoms with E-state index < -0.39 is 0 Å². The summed E-state index contributed by atoms with van der Waals surface area (Å²) in [5.74, 6) is -0.0792. The Morgan fingerprint density at radius 3 is 2.67 bits per heavy atom. The first kappa shape index (κ1) is 18.7. The van der Waals surface area contributed by atoms with Crippen molar-refractivity contribution in [1.82, 2.24) is 19.6 Å². The monoisotopic (exact) mass is 350 g/mol. The maximum atomic E-state index is 12.6. The molecule has 2 aromatic rings. The summed E-state index contributed by atoms with van der Waals surface area (Å²) in [6.45, 7) is 10.3. The molecule has 0 bridgehead atoms. The maximum absolute atomic E-state index is 12.6. The van der Waals surface area contributed by atoms with Crippen LogP contribution in [0.15, 0.2) is 18.3 Å². The van der Waals surface area contributed by atoms with Crippen molar-refractivity contribution < 1.29 is 4.79 Å². The first-order valence-corrected chi connectivity index (χ1v) is 9.15. The second kappa shape index (κ2) is 9.04. The predicted octanol–water partition coefficient (Wildman–Crippen LogP) is 3.40. The first-order chi connectivity index (χ1) is 11.6. The van der Waals surface area contributed by atoms with Gasteiger partial charge in [-0.25, -0.2) is 4.98 Å². The van der Waals surface area contributed by atoms with Crippen LogP contribution in [0.5, 0.6) is 0 Å². The van der Waals surface area contributed by atoms with E-state index in [9.17, 15) is 4.79 Å². The standard InChI is InChI=1S/C18H27ClN4O/c1-4-15-17(23-13-14(19)9-10-16(23)21-15)18(24)20-11-7-8-12-22(5-2)6-3/h9-10,13H,4-8,11-12H2,1-3H3,(H,20,24). The van der Waals surface area contributed by atoms with E-state index in [2.05, 4.69) is 29.0 Å². The number of unbranched alkanes of at least 4 members (excludes halogenated alkanes) is 1. The van der Waals surface area contributed by atoms with Gasteiger partial charge in [-0.05, 0) is 51.0 Å². The third-order valence-electron chi connectivity index (χ3n) is 4.29. The van der Waals surface area contributed by atoms with Crippen LogP contribution in [0.1, 0.15) is 49.8 Å². The molecule has 0 saturated carbocycles. The van der Waals surface area contributed by atoms with Crippen molar-refractivity contribution in [3.05, 3.63) is 34.7 Å². The van der Waals surface area contributed by atoms with Gasteiger partial charge in [0.1, 0.15) is 11.3 Å². The molecule has 0 aliphatic rings. The lowest BCUT2D eigenvalue weighted by molar-refractivity contribution is 0.0945. The molecule has 2 aromatic heterocycles. The molecule has 0 aliphatic heterocycles. The van der Waals surface area contributed by atoms with Crippen LogP contribution < -0.4 is 5.32 Å². The smallest absolute Gasteiger partial charge is 0.270 e. The minimum Gasteiger partial charge on any atom is -0.351 e. The number of pyridine rings is 1. The van der Waals surface area contributed by atoms with Crippen LogP contribution in [0.25, 0.3) is 5.65 Å². The summed E-state index contributed by atoms with van der Waals surface area (Å²) < 4.78 is 1.78. The zero-order chi connectivity index (χ0) is 17.5. The molecule has 5 nitrogen and oxygen atoms in total. The Hall–Kier alpha value is -1.59. The molecule has 24 heavy (non-hydrogen) atoms. The number of nitrogens with one attached hydrogen (secondary N) is 1. The molecular formula is C18H27ClN4O. The van der Waals surface area contributed by atoms with Gasteiger partial charge in [0.2, 0.25) is 0 Å². The Labute approximate surface area is 149 Å². The highest BCUT2D eigenvalue weighted by Crippen LogP contribution is 2.17. The molecule has 0 saturated heterocycles. The van der Waals surface area contributed by atoms with Crippen molar-refractivity contribution in [3.8, 4) is 0 Å². The Morgan fingerprint density at radius 1 is 1.25 bits per heavy atom. The number of fused-ring (bicyclic) bond motifs is 1. The summed E-state index contributed by atoms with van der Waals surface area (Å²) in [5.41, 5.74) is 2.15. The van der Waals surface area contributed by atoms with Gasteiger partial charge >= 0.3 is 0 Å². The number of carbonyl (C=O) groups excluding carboxylic acids is 1. The van der Waals surface area contributed by atoms with Gasteiger partial charge in [0.25, 0.3) is 5.91 Å². The van der Waals surface area contributed by atoms with Crippen LogP contribution in [-0.2, 0) is 6.42 Å². The second-order valence-electron chi connectivity index (χ2n) is 5.83. The van der Waals surface area contributed by atoms with Crippen molar-refractivity contribution in [2.24, 2.45) is 0 Å². The molecule has 6 heteroatoms. The number of hydrogen-bond acceptors (Lipinski definition) is 3. The molecule has 0 radical (unpaired) electrons. The van der Waals surface area contributed by atoms with Gasteiger partial charge in [-0.2, -0.15) is 0 Å². The zero-order valence-corrected chi connectivity index (χ0v) is 15.6. The van der Waals surface area contributed by atoms with Gasteiger partial charge in [0, 0.05) is 12.7 Å². The molecule has 0 spiro atoms. The first-order valence-electron chi connectivity index (χ1n) is 8.77. The van der Waals surface area contributed by atoms with Crippen molar-refractivity contribution >= 4 is 23.2 Å². The van der Waals surface area contributed by atoms with Crippen molar-refractivity contribution in [2.75, 3.05) is 26.2 Å². The van der Waals surface area contributed by atoms with Crippen molar-refractivity contribution in [2.45, 2.75) is 40.0 Å². The topological polar surface area (TPSA) is 49.6 Å². The van der Waals surface area contributed by atoms with Crippen LogP contribution >= 0.6 is 11.6 Å². The van der Waals surface area contributed by atoms with Gasteiger partial charge in [-0.3, -0.25) is 9.20 Å². The third-order valence-corrected chi connectivity index (χ3v) is 4.51. The Kier molecular flexibility index (Phi) is 7.06. The highest BCUT2D eigenvalue weighted by molar-refractivity contribution is 6.30. The predicted molar refractivity (Wildman–Crippen MR) is 98.9 cm³/mol. The molecule has 2 heterocycles. The number of imidazole rings is 1. The number of rotatable bonds is 9. The number of carbonyl (C=O) groups is 1. The van der Waals surface area contributed by atoms with E-state index in [1.165, 1.54) is 0 Å². The molecule has 0 aromatic carbocycles. The molecule has 132 valence electrons. The zero-order valence-electron chi connectivity index (χ0n) is 14.8. The van der Waals surface area contributed by atoms with Gasteiger partial charge in [0.05, 0.1) is 10.7 Å². The largest absolute Gasteiger partial charge is 0.351 e. The fourth-order valence-electron chi connectivity index (χ4n) is 2.84. The lowest BCUT2D eigenvalue weighted by atomic mass is 10.2. The van der Waals surface area contributed by atoms with Gasteiger partial charge < -0.3 is 10.2 Å². The number of halogens is 1. The molecule has 2 rings (SSSR count). The Morgan fingerprint density at radius 2 is 2.00 bits per heavy atom. The summed E-state index contributed by atoms with van der Waals surface area (Å²) in [6.07, 6.45) is 4.52. The minimum absolute atomic E-state index is 0.0792. The summed E-state index contributed by atoms with van der Waals surface area (Å²) >= 11 is 6.07. The number of aryl methyl sites for hydroxylation is 1. The van der Waals surface area contributed by atoms with E-state index in [1.54, 1.807) is 16.7 Å². The fourth-order valence-corrected chi connectivity index (χ4v) is 3.00. The average Bonchev–Trinajstić information content (AvgIpc) is 2.95. The van der Waals surface area contributed by atoms with E-state index in [0.29, 0.717) is 23.7 Å². The molecule has 1 N–H and O–H groups in total. The van der Waals surface area contributed by atoms with E-state index >= 15 is 0 Å². The van der Waals surface area contributed by atoms with Crippen LogP contribution in [0, 0.1) is 0 Å². The van der Waals surface area contributed by atoms with Crippen LogP contribution in [0.2, 0.25) is 5.02 Å². The quantitative estimate of drug-likeness (QED) is 0.705. The highest BCUT2D eigenvalue weighted by atomic mass is 35.5. The van der Waals surface area contributed by atoms with E-state index in [4.69, 9.17) is 11.6 Å². The minimum atomic E-state index is -0.0792. The van der Waals surface area contributed by atoms with E-state index in [1.807, 2.05) is 13.0 Å². The lowest BCUT2D eigenvalue weighted by Crippen LogP contribution is -2.28. The molecule has 0 aliphatic carbocycles. The Bertz CT molecular complexity index is 679. The summed E-state index contributed by atoms with van der Waals surface area (Å²) in [7, 11) is 0. The number of hydrogen-bond donors (Lipinski definition) is 1. The lowest BCUT2D eigenvalue weighted by Gasteiger charge is -2.17. The van der Waals surface area contributed by atoms with Crippen LogP contribution in [0.4, 0.5) is 0 Å². The SMILES string of the molecule is CCc1nc2ccc(Cl)cn2c1C(=O)NCCCCN(CC)CC. The van der Waals surface area contributed by atoms with E-state index in [0.717, 1.165) is 43.8 Å². The molecule has 0 atom stereocenters. The number of nitrogens with zero attached hydrogens (tertiary/aromatic N) is 3. The fraction of sp³-hybridized carbons (Fsp3) is 0.556. The third kappa shape index (κ3) is 4.48. The average molecular weight is 351 g/mol. The molecular weight excluding hydrogens is 324 g/mol. The Balaban J connectivity index is 1.97.